The summed E-state index contributed by atoms with van der Waals surface area (Å²) in [4.78, 5) is 1.36. The molecule has 0 aliphatic rings. The van der Waals surface area contributed by atoms with Gasteiger partial charge in [-0.05, 0) is 29.0 Å². The molecule has 0 radical (unpaired) electrons. The first kappa shape index (κ1) is 12.1. The van der Waals surface area contributed by atoms with E-state index in [1.54, 1.807) is 13.1 Å². The highest BCUT2D eigenvalue weighted by atomic mass is 79.9. The van der Waals surface area contributed by atoms with Gasteiger partial charge in [-0.3, -0.25) is 0 Å². The zero-order chi connectivity index (χ0) is 12.4. The Morgan fingerprint density at radius 1 is 1.53 bits per heavy atom. The van der Waals surface area contributed by atoms with Gasteiger partial charge in [-0.1, -0.05) is 15.9 Å². The highest BCUT2D eigenvalue weighted by molar-refractivity contribution is 9.10. The summed E-state index contributed by atoms with van der Waals surface area (Å²) in [6.07, 6.45) is 0.413. The summed E-state index contributed by atoms with van der Waals surface area (Å²) in [5.41, 5.74) is 6.68. The number of aryl methyl sites for hydroxylation is 1. The van der Waals surface area contributed by atoms with Gasteiger partial charge in [-0.25, -0.2) is 4.39 Å². The summed E-state index contributed by atoms with van der Waals surface area (Å²) in [7, 11) is 1.68. The molecule has 0 aliphatic carbocycles. The Balaban J connectivity index is 2.19. The summed E-state index contributed by atoms with van der Waals surface area (Å²) in [5, 5.41) is 11.6. The Kier molecular flexibility index (Phi) is 3.49. The third-order valence-corrected chi connectivity index (χ3v) is 3.03. The lowest BCUT2D eigenvalue weighted by molar-refractivity contribution is 0.610. The lowest BCUT2D eigenvalue weighted by atomic mass is 10.0. The molecule has 90 valence electrons. The molecule has 2 aromatic rings. The van der Waals surface area contributed by atoms with Crippen LogP contribution in [0.15, 0.2) is 22.7 Å². The van der Waals surface area contributed by atoms with Gasteiger partial charge < -0.3 is 5.73 Å². The van der Waals surface area contributed by atoms with Crippen LogP contribution in [0.25, 0.3) is 0 Å². The maximum Gasteiger partial charge on any atom is 0.176 e. The Morgan fingerprint density at radius 2 is 2.29 bits per heavy atom. The maximum absolute atomic E-state index is 13.1. The zero-order valence-corrected chi connectivity index (χ0v) is 10.7. The number of tetrazole rings is 1. The predicted octanol–water partition coefficient (Wildman–Crippen LogP) is 1.35. The van der Waals surface area contributed by atoms with E-state index in [-0.39, 0.29) is 11.9 Å². The number of rotatable bonds is 3. The van der Waals surface area contributed by atoms with Gasteiger partial charge in [0, 0.05) is 16.9 Å². The van der Waals surface area contributed by atoms with E-state index in [2.05, 4.69) is 31.3 Å². The second-order valence-corrected chi connectivity index (χ2v) is 4.53. The average Bonchev–Trinajstić information content (AvgIpc) is 2.67. The van der Waals surface area contributed by atoms with Crippen molar-refractivity contribution in [3.63, 3.8) is 0 Å². The molecular weight excluding hydrogens is 289 g/mol. The second-order valence-electron chi connectivity index (χ2n) is 3.67. The Bertz CT molecular complexity index is 527. The third kappa shape index (κ3) is 2.86. The van der Waals surface area contributed by atoms with Gasteiger partial charge in [-0.15, -0.1) is 10.2 Å². The van der Waals surface area contributed by atoms with Crippen LogP contribution in [0, 0.1) is 5.82 Å². The van der Waals surface area contributed by atoms with Gasteiger partial charge >= 0.3 is 0 Å². The van der Waals surface area contributed by atoms with Crippen LogP contribution in [0.2, 0.25) is 0 Å². The monoisotopic (exact) mass is 299 g/mol. The first-order valence-corrected chi connectivity index (χ1v) is 5.79. The Morgan fingerprint density at radius 3 is 2.94 bits per heavy atom. The molecule has 0 aliphatic heterocycles. The zero-order valence-electron chi connectivity index (χ0n) is 9.14. The smallest absolute Gasteiger partial charge is 0.176 e. The summed E-state index contributed by atoms with van der Waals surface area (Å²) < 4.78 is 13.9. The highest BCUT2D eigenvalue weighted by Crippen LogP contribution is 2.24. The fourth-order valence-corrected chi connectivity index (χ4v) is 2.05. The number of benzene rings is 1. The summed E-state index contributed by atoms with van der Waals surface area (Å²) >= 11 is 3.34. The van der Waals surface area contributed by atoms with Crippen molar-refractivity contribution in [1.82, 2.24) is 20.2 Å². The summed E-state index contributed by atoms with van der Waals surface area (Å²) in [6.45, 7) is 0. The molecule has 2 N–H and O–H groups in total. The largest absolute Gasteiger partial charge is 0.324 e. The van der Waals surface area contributed by atoms with Gasteiger partial charge in [0.1, 0.15) is 5.82 Å². The predicted molar refractivity (Wildman–Crippen MR) is 63.5 cm³/mol. The maximum atomic E-state index is 13.1. The van der Waals surface area contributed by atoms with Gasteiger partial charge in [0.2, 0.25) is 0 Å². The molecule has 1 atom stereocenters. The molecule has 0 spiro atoms. The first-order chi connectivity index (χ1) is 8.06. The topological polar surface area (TPSA) is 69.6 Å². The Hall–Kier alpha value is -1.34. The van der Waals surface area contributed by atoms with E-state index in [9.17, 15) is 4.39 Å². The summed E-state index contributed by atoms with van der Waals surface area (Å²) in [6, 6.07) is 4.05. The van der Waals surface area contributed by atoms with E-state index in [1.165, 1.54) is 16.9 Å². The van der Waals surface area contributed by atoms with Gasteiger partial charge in [0.25, 0.3) is 0 Å². The average molecular weight is 300 g/mol. The van der Waals surface area contributed by atoms with E-state index < -0.39 is 0 Å². The third-order valence-electron chi connectivity index (χ3n) is 2.31. The fraction of sp³-hybridized carbons (Fsp3) is 0.300. The standard InChI is InChI=1S/C10H11BrFN5/c1-17-15-10(14-16-17)5-9(13)7-4-6(12)2-3-8(7)11/h2-4,9H,5,13H2,1H3. The number of hydrogen-bond donors (Lipinski definition) is 1. The van der Waals surface area contributed by atoms with Crippen LogP contribution >= 0.6 is 15.9 Å². The molecule has 2 rings (SSSR count). The van der Waals surface area contributed by atoms with Gasteiger partial charge in [-0.2, -0.15) is 4.80 Å². The van der Waals surface area contributed by atoms with Gasteiger partial charge in [0.05, 0.1) is 7.05 Å². The molecule has 7 heteroatoms. The van der Waals surface area contributed by atoms with E-state index in [1.807, 2.05) is 0 Å². The minimum Gasteiger partial charge on any atom is -0.324 e. The molecule has 1 unspecified atom stereocenters. The van der Waals surface area contributed by atoms with Crippen molar-refractivity contribution in [2.75, 3.05) is 0 Å². The van der Waals surface area contributed by atoms with Crippen LogP contribution < -0.4 is 5.73 Å². The molecule has 0 saturated heterocycles. The van der Waals surface area contributed by atoms with Crippen molar-refractivity contribution >= 4 is 15.9 Å². The molecule has 0 amide bonds. The van der Waals surface area contributed by atoms with Crippen molar-refractivity contribution in [2.45, 2.75) is 12.5 Å². The van der Waals surface area contributed by atoms with E-state index in [0.717, 1.165) is 4.47 Å². The number of aromatic nitrogens is 4. The molecule has 0 bridgehead atoms. The van der Waals surface area contributed by atoms with Crippen LogP contribution in [0.1, 0.15) is 17.4 Å². The molecule has 1 aromatic heterocycles. The normalized spacial score (nSPS) is 12.7. The molecule has 17 heavy (non-hydrogen) atoms. The number of nitrogens with two attached hydrogens (primary N) is 1. The van der Waals surface area contributed by atoms with Crippen LogP contribution in [0.5, 0.6) is 0 Å². The van der Waals surface area contributed by atoms with E-state index in [0.29, 0.717) is 17.8 Å². The van der Waals surface area contributed by atoms with Crippen molar-refractivity contribution < 1.29 is 4.39 Å². The number of nitrogens with zero attached hydrogens (tertiary/aromatic N) is 4. The highest BCUT2D eigenvalue weighted by Gasteiger charge is 2.14. The molecule has 5 nitrogen and oxygen atoms in total. The molecule has 1 heterocycles. The van der Waals surface area contributed by atoms with Crippen LogP contribution in [-0.4, -0.2) is 20.2 Å². The lowest BCUT2D eigenvalue weighted by Gasteiger charge is -2.11. The quantitative estimate of drug-likeness (QED) is 0.929. The SMILES string of the molecule is Cn1nnc(CC(N)c2cc(F)ccc2Br)n1. The number of halogens is 2. The van der Waals surface area contributed by atoms with Gasteiger partial charge in [0.15, 0.2) is 5.82 Å². The van der Waals surface area contributed by atoms with Crippen LogP contribution in [0.4, 0.5) is 4.39 Å². The van der Waals surface area contributed by atoms with Crippen molar-refractivity contribution in [3.05, 3.63) is 39.9 Å². The minimum absolute atomic E-state index is 0.314. The molecule has 1 aromatic carbocycles. The van der Waals surface area contributed by atoms with Crippen LogP contribution in [-0.2, 0) is 13.5 Å². The van der Waals surface area contributed by atoms with Crippen molar-refractivity contribution in [1.29, 1.82) is 0 Å². The Labute approximate surface area is 106 Å². The number of hydrogen-bond acceptors (Lipinski definition) is 4. The fourth-order valence-electron chi connectivity index (χ4n) is 1.51. The van der Waals surface area contributed by atoms with Crippen molar-refractivity contribution in [3.8, 4) is 0 Å². The molecule has 0 fully saturated rings. The molecular formula is C10H11BrFN5. The molecule has 0 saturated carbocycles. The van der Waals surface area contributed by atoms with Crippen LogP contribution in [0.3, 0.4) is 0 Å². The first-order valence-electron chi connectivity index (χ1n) is 4.99. The lowest BCUT2D eigenvalue weighted by Crippen LogP contribution is -2.15. The van der Waals surface area contributed by atoms with E-state index in [4.69, 9.17) is 5.73 Å². The minimum atomic E-state index is -0.371. The summed E-state index contributed by atoms with van der Waals surface area (Å²) in [5.74, 6) is 0.224. The van der Waals surface area contributed by atoms with Crippen molar-refractivity contribution in [2.24, 2.45) is 12.8 Å². The second kappa shape index (κ2) is 4.89. The van der Waals surface area contributed by atoms with E-state index >= 15 is 0 Å².